The summed E-state index contributed by atoms with van der Waals surface area (Å²) in [4.78, 5) is 33.7. The molecule has 0 aliphatic carbocycles. The van der Waals surface area contributed by atoms with E-state index >= 15 is 0 Å². The fourth-order valence-electron chi connectivity index (χ4n) is 2.71. The van der Waals surface area contributed by atoms with Gasteiger partial charge in [0, 0.05) is 11.8 Å². The molecule has 0 unspecified atom stereocenters. The van der Waals surface area contributed by atoms with Crippen LogP contribution in [0.15, 0.2) is 58.2 Å². The summed E-state index contributed by atoms with van der Waals surface area (Å²) < 4.78 is 5.24. The number of urea groups is 1. The Balaban J connectivity index is 1.82. The molecule has 11 heteroatoms. The van der Waals surface area contributed by atoms with Crippen molar-refractivity contribution >= 4 is 23.5 Å². The molecule has 1 saturated heterocycles. The Morgan fingerprint density at radius 2 is 2.00 bits per heavy atom. The van der Waals surface area contributed by atoms with Crippen molar-refractivity contribution in [3.05, 3.63) is 69.9 Å². The van der Waals surface area contributed by atoms with Gasteiger partial charge in [-0.2, -0.15) is 10.2 Å². The second kappa shape index (κ2) is 6.79. The Kier molecular flexibility index (Phi) is 4.16. The number of carbonyl (C=O) groups excluding carboxylic acids is 2. The van der Waals surface area contributed by atoms with Gasteiger partial charge in [0.2, 0.25) is 5.91 Å². The largest absolute Gasteiger partial charge is 0.433 e. The molecule has 2 aromatic heterocycles. The zero-order valence-corrected chi connectivity index (χ0v) is 14.2. The summed E-state index contributed by atoms with van der Waals surface area (Å²) in [7, 11) is 0. The number of amides is 3. The van der Waals surface area contributed by atoms with Gasteiger partial charge in [-0.3, -0.25) is 25.3 Å². The number of nitro groups is 1. The maximum Gasteiger partial charge on any atom is 0.433 e. The lowest BCUT2D eigenvalue weighted by molar-refractivity contribution is -0.401. The summed E-state index contributed by atoms with van der Waals surface area (Å²) in [6, 6.07) is 10.9. The molecule has 0 bridgehead atoms. The molecule has 2 N–H and O–H groups in total. The molecular weight excluding hydrogens is 368 g/mol. The highest BCUT2D eigenvalue weighted by atomic mass is 16.6. The minimum absolute atomic E-state index is 0.161. The third-order valence-corrected chi connectivity index (χ3v) is 3.94. The average Bonchev–Trinajstić information content (AvgIpc) is 3.40. The monoisotopic (exact) mass is 380 g/mol. The summed E-state index contributed by atoms with van der Waals surface area (Å²) >= 11 is 0. The number of furan rings is 1. The molecule has 1 fully saturated rings. The Morgan fingerprint density at radius 1 is 1.21 bits per heavy atom. The highest BCUT2D eigenvalue weighted by Crippen LogP contribution is 2.29. The molecule has 0 spiro atoms. The molecule has 3 amide bonds. The Bertz CT molecular complexity index is 1100. The molecule has 3 aromatic rings. The summed E-state index contributed by atoms with van der Waals surface area (Å²) in [5, 5.41) is 25.2. The number of imide groups is 1. The van der Waals surface area contributed by atoms with Gasteiger partial charge in [0.05, 0.1) is 11.6 Å². The third-order valence-electron chi connectivity index (χ3n) is 3.94. The second-order valence-electron chi connectivity index (χ2n) is 5.77. The first-order valence-electron chi connectivity index (χ1n) is 8.07. The van der Waals surface area contributed by atoms with E-state index in [9.17, 15) is 19.7 Å². The fraction of sp³-hybridized carbons (Fsp3) is 0.0588. The van der Waals surface area contributed by atoms with Crippen molar-refractivity contribution in [1.29, 1.82) is 0 Å². The van der Waals surface area contributed by atoms with Gasteiger partial charge in [-0.05, 0) is 6.07 Å². The van der Waals surface area contributed by atoms with Gasteiger partial charge in [0.1, 0.15) is 22.9 Å². The molecule has 0 radical (unpaired) electrons. The van der Waals surface area contributed by atoms with Crippen LogP contribution in [0, 0.1) is 10.1 Å². The minimum atomic E-state index is -0.651. The quantitative estimate of drug-likeness (QED) is 0.299. The van der Waals surface area contributed by atoms with Crippen LogP contribution in [-0.4, -0.2) is 44.3 Å². The number of aromatic nitrogens is 2. The molecule has 4 rings (SSSR count). The van der Waals surface area contributed by atoms with Crippen molar-refractivity contribution in [2.24, 2.45) is 5.10 Å². The number of hydrazone groups is 1. The topological polar surface area (TPSA) is 147 Å². The van der Waals surface area contributed by atoms with Crippen LogP contribution in [-0.2, 0) is 4.79 Å². The maximum atomic E-state index is 11.9. The first-order valence-corrected chi connectivity index (χ1v) is 8.07. The zero-order chi connectivity index (χ0) is 19.7. The van der Waals surface area contributed by atoms with Crippen molar-refractivity contribution in [2.75, 3.05) is 6.54 Å². The molecule has 0 saturated carbocycles. The lowest BCUT2D eigenvalue weighted by Gasteiger charge is -2.11. The molecular formula is C17H12N6O5. The predicted molar refractivity (Wildman–Crippen MR) is 95.3 cm³/mol. The predicted octanol–water partition coefficient (Wildman–Crippen LogP) is 1.88. The number of hydrogen-bond donors (Lipinski definition) is 2. The summed E-state index contributed by atoms with van der Waals surface area (Å²) in [5.41, 5.74) is 1.72. The molecule has 1 aliphatic rings. The number of aromatic amines is 1. The van der Waals surface area contributed by atoms with E-state index in [1.54, 1.807) is 24.3 Å². The minimum Gasteiger partial charge on any atom is -0.399 e. The van der Waals surface area contributed by atoms with Crippen molar-refractivity contribution in [3.8, 4) is 11.5 Å². The highest BCUT2D eigenvalue weighted by Gasteiger charge is 2.29. The van der Waals surface area contributed by atoms with Gasteiger partial charge in [-0.15, -0.1) is 0 Å². The van der Waals surface area contributed by atoms with Crippen molar-refractivity contribution in [1.82, 2.24) is 20.5 Å². The zero-order valence-electron chi connectivity index (χ0n) is 14.2. The van der Waals surface area contributed by atoms with Crippen LogP contribution in [0.25, 0.3) is 11.5 Å². The fourth-order valence-corrected chi connectivity index (χ4v) is 2.71. The summed E-state index contributed by atoms with van der Waals surface area (Å²) in [6.07, 6.45) is 1.53. The smallest absolute Gasteiger partial charge is 0.399 e. The number of rotatable bonds is 5. The van der Waals surface area contributed by atoms with Gasteiger partial charge in [-0.1, -0.05) is 30.3 Å². The second-order valence-corrected chi connectivity index (χ2v) is 5.77. The molecule has 3 heterocycles. The lowest BCUT2D eigenvalue weighted by Crippen LogP contribution is -2.25. The number of carbonyl (C=O) groups is 2. The van der Waals surface area contributed by atoms with Crippen LogP contribution in [0.5, 0.6) is 0 Å². The molecule has 0 atom stereocenters. The van der Waals surface area contributed by atoms with Gasteiger partial charge < -0.3 is 4.42 Å². The summed E-state index contributed by atoms with van der Waals surface area (Å²) in [6.45, 7) is -0.214. The van der Waals surface area contributed by atoms with Gasteiger partial charge in [-0.25, -0.2) is 9.80 Å². The van der Waals surface area contributed by atoms with E-state index < -0.39 is 22.7 Å². The SMILES string of the molecule is O=C1CN(N=C(c2ccccc2)c2c[nH]nc2-c2ccc([N+](=O)[O-])o2)C(=O)N1. The number of nitrogens with one attached hydrogen (secondary N) is 2. The third kappa shape index (κ3) is 3.11. The normalized spacial score (nSPS) is 14.4. The summed E-state index contributed by atoms with van der Waals surface area (Å²) in [5.74, 6) is -0.726. The van der Waals surface area contributed by atoms with Crippen LogP contribution in [0.2, 0.25) is 0 Å². The molecule has 11 nitrogen and oxygen atoms in total. The standard InChI is InChI=1S/C17H12N6O5/c24-13-9-22(17(25)19-13)21-15(10-4-2-1-3-5-10)11-8-18-20-16(11)12-6-7-14(28-12)23(26)27/h1-8H,9H2,(H,18,20)(H,19,24,25). The van der Waals surface area contributed by atoms with E-state index in [0.717, 1.165) is 5.01 Å². The van der Waals surface area contributed by atoms with Gasteiger partial charge in [0.15, 0.2) is 5.76 Å². The van der Waals surface area contributed by atoms with Gasteiger partial charge in [0.25, 0.3) is 0 Å². The lowest BCUT2D eigenvalue weighted by atomic mass is 10.0. The van der Waals surface area contributed by atoms with E-state index in [0.29, 0.717) is 16.8 Å². The maximum absolute atomic E-state index is 11.9. The first kappa shape index (κ1) is 17.1. The highest BCUT2D eigenvalue weighted by molar-refractivity contribution is 6.16. The first-order chi connectivity index (χ1) is 13.5. The Hall–Kier alpha value is -4.28. The van der Waals surface area contributed by atoms with Gasteiger partial charge >= 0.3 is 11.9 Å². The van der Waals surface area contributed by atoms with Crippen LogP contribution in [0.1, 0.15) is 11.1 Å². The average molecular weight is 380 g/mol. The number of H-pyrrole nitrogens is 1. The van der Waals surface area contributed by atoms with E-state index in [1.165, 1.54) is 18.3 Å². The molecule has 1 aromatic carbocycles. The van der Waals surface area contributed by atoms with E-state index in [-0.39, 0.29) is 18.0 Å². The molecule has 140 valence electrons. The van der Waals surface area contributed by atoms with Crippen LogP contribution < -0.4 is 5.32 Å². The van der Waals surface area contributed by atoms with E-state index in [2.05, 4.69) is 20.6 Å². The number of nitrogens with zero attached hydrogens (tertiary/aromatic N) is 4. The molecule has 28 heavy (non-hydrogen) atoms. The van der Waals surface area contributed by atoms with Crippen LogP contribution in [0.3, 0.4) is 0 Å². The van der Waals surface area contributed by atoms with Crippen molar-refractivity contribution in [3.63, 3.8) is 0 Å². The van der Waals surface area contributed by atoms with Crippen molar-refractivity contribution < 1.29 is 18.9 Å². The number of benzene rings is 1. The van der Waals surface area contributed by atoms with E-state index in [1.807, 2.05) is 6.07 Å². The Labute approximate surface area is 156 Å². The van der Waals surface area contributed by atoms with Crippen molar-refractivity contribution in [2.45, 2.75) is 0 Å². The van der Waals surface area contributed by atoms with Crippen LogP contribution in [0.4, 0.5) is 10.7 Å². The van der Waals surface area contributed by atoms with Crippen LogP contribution >= 0.6 is 0 Å². The van der Waals surface area contributed by atoms with E-state index in [4.69, 9.17) is 4.42 Å². The Morgan fingerprint density at radius 3 is 2.64 bits per heavy atom. The number of hydrogen-bond acceptors (Lipinski definition) is 7. The molecule has 1 aliphatic heterocycles.